The molecule has 0 spiro atoms. The third kappa shape index (κ3) is 4.47. The summed E-state index contributed by atoms with van der Waals surface area (Å²) in [6.07, 6.45) is 6.53. The average Bonchev–Trinajstić information content (AvgIpc) is 2.81. The first kappa shape index (κ1) is 22.2. The van der Waals surface area contributed by atoms with Crippen LogP contribution in [0.15, 0.2) is 42.6 Å². The molecule has 0 amide bonds. The number of ketones is 1. The third-order valence-corrected chi connectivity index (χ3v) is 6.50. The molecule has 0 bridgehead atoms. The normalized spacial score (nSPS) is 19.5. The van der Waals surface area contributed by atoms with E-state index in [0.717, 1.165) is 59.6 Å². The van der Waals surface area contributed by atoms with Gasteiger partial charge in [0.15, 0.2) is 5.78 Å². The Morgan fingerprint density at radius 1 is 1.22 bits per heavy atom. The zero-order valence-corrected chi connectivity index (χ0v) is 18.7. The van der Waals surface area contributed by atoms with Gasteiger partial charge in [0.2, 0.25) is 0 Å². The molecule has 1 aliphatic rings. The Hall–Kier alpha value is -2.96. The number of phenols is 1. The molecule has 4 rings (SSSR count). The number of aromatic hydroxyl groups is 1. The number of halogens is 1. The van der Waals surface area contributed by atoms with Gasteiger partial charge in [0.05, 0.1) is 27.7 Å². The van der Waals surface area contributed by atoms with E-state index in [4.69, 9.17) is 22.7 Å². The maximum atomic E-state index is 13.1. The Morgan fingerprint density at radius 3 is 2.59 bits per heavy atom. The fourth-order valence-corrected chi connectivity index (χ4v) is 4.37. The zero-order chi connectivity index (χ0) is 22.8. The van der Waals surface area contributed by atoms with Crippen LogP contribution in [0.25, 0.3) is 22.0 Å². The summed E-state index contributed by atoms with van der Waals surface area (Å²) in [5.41, 5.74) is 9.85. The maximum Gasteiger partial charge on any atom is 0.174 e. The van der Waals surface area contributed by atoms with Crippen LogP contribution in [0.4, 0.5) is 5.69 Å². The molecule has 166 valence electrons. The van der Waals surface area contributed by atoms with E-state index in [1.807, 2.05) is 18.2 Å². The van der Waals surface area contributed by atoms with Crippen molar-refractivity contribution in [2.45, 2.75) is 44.7 Å². The molecule has 0 aliphatic heterocycles. The first-order valence-corrected chi connectivity index (χ1v) is 11.2. The minimum atomic E-state index is -0.534. The average molecular weight is 451 g/mol. The van der Waals surface area contributed by atoms with E-state index in [1.54, 1.807) is 31.3 Å². The molecule has 7 heteroatoms. The van der Waals surface area contributed by atoms with Crippen LogP contribution >= 0.6 is 11.6 Å². The quantitative estimate of drug-likeness (QED) is 0.296. The van der Waals surface area contributed by atoms with Crippen LogP contribution in [-0.2, 0) is 0 Å². The van der Waals surface area contributed by atoms with Crippen molar-refractivity contribution in [2.75, 3.05) is 5.32 Å². The Kier molecular flexibility index (Phi) is 6.44. The van der Waals surface area contributed by atoms with E-state index in [2.05, 4.69) is 10.3 Å². The standard InChI is InChI=1S/C25H27ClN4O2/c1-14(12-27)25(32)20-13-29-22-8-2-15(16-3-9-23(31)21(26)11-16)10-19(22)24(20)30-18-6-4-17(28)5-7-18/h2-3,8-14,17-18,27,31H,4-7,28H2,1H3,(H,29,30)/t14?,17-,18-. The minimum absolute atomic E-state index is 0.0317. The van der Waals surface area contributed by atoms with Crippen LogP contribution < -0.4 is 11.1 Å². The highest BCUT2D eigenvalue weighted by Crippen LogP contribution is 2.35. The highest BCUT2D eigenvalue weighted by molar-refractivity contribution is 6.32. The zero-order valence-electron chi connectivity index (χ0n) is 17.9. The number of rotatable bonds is 6. The van der Waals surface area contributed by atoms with E-state index >= 15 is 0 Å². The predicted octanol–water partition coefficient (Wildman–Crippen LogP) is 5.41. The van der Waals surface area contributed by atoms with Gasteiger partial charge < -0.3 is 21.6 Å². The molecule has 32 heavy (non-hydrogen) atoms. The summed E-state index contributed by atoms with van der Waals surface area (Å²) in [5, 5.41) is 22.0. The van der Waals surface area contributed by atoms with Gasteiger partial charge in [0.25, 0.3) is 0 Å². The van der Waals surface area contributed by atoms with Gasteiger partial charge in [-0.05, 0) is 61.1 Å². The number of carbonyl (C=O) groups excluding carboxylic acids is 1. The molecule has 1 saturated carbocycles. The molecule has 5 N–H and O–H groups in total. The first-order valence-electron chi connectivity index (χ1n) is 10.9. The number of phenolic OH excluding ortho intramolecular Hbond substituents is 1. The van der Waals surface area contributed by atoms with Crippen LogP contribution in [0.1, 0.15) is 43.0 Å². The highest BCUT2D eigenvalue weighted by atomic mass is 35.5. The van der Waals surface area contributed by atoms with Crippen molar-refractivity contribution in [1.82, 2.24) is 4.98 Å². The van der Waals surface area contributed by atoms with Crippen LogP contribution in [-0.4, -0.2) is 34.2 Å². The van der Waals surface area contributed by atoms with Crippen molar-refractivity contribution in [3.8, 4) is 16.9 Å². The van der Waals surface area contributed by atoms with Crippen LogP contribution in [0.2, 0.25) is 5.02 Å². The number of pyridine rings is 1. The largest absolute Gasteiger partial charge is 0.506 e. The molecule has 0 saturated heterocycles. The van der Waals surface area contributed by atoms with Crippen LogP contribution in [0, 0.1) is 11.3 Å². The summed E-state index contributed by atoms with van der Waals surface area (Å²) in [7, 11) is 0. The smallest absolute Gasteiger partial charge is 0.174 e. The van der Waals surface area contributed by atoms with E-state index in [1.165, 1.54) is 0 Å². The van der Waals surface area contributed by atoms with Gasteiger partial charge in [-0.25, -0.2) is 0 Å². The lowest BCUT2D eigenvalue weighted by Crippen LogP contribution is -2.33. The molecule has 1 fully saturated rings. The van der Waals surface area contributed by atoms with E-state index in [-0.39, 0.29) is 28.6 Å². The number of carbonyl (C=O) groups is 1. The molecule has 3 aromatic rings. The molecule has 1 atom stereocenters. The lowest BCUT2D eigenvalue weighted by atomic mass is 9.90. The van der Waals surface area contributed by atoms with Crippen LogP contribution in [0.5, 0.6) is 5.75 Å². The monoisotopic (exact) mass is 450 g/mol. The van der Waals surface area contributed by atoms with Crippen LogP contribution in [0.3, 0.4) is 0 Å². The lowest BCUT2D eigenvalue weighted by molar-refractivity contribution is 0.0963. The topological polar surface area (TPSA) is 112 Å². The minimum Gasteiger partial charge on any atom is -0.506 e. The van der Waals surface area contributed by atoms with Crippen molar-refractivity contribution in [2.24, 2.45) is 11.7 Å². The first-order chi connectivity index (χ1) is 15.4. The second kappa shape index (κ2) is 9.27. The third-order valence-electron chi connectivity index (χ3n) is 6.20. The van der Waals surface area contributed by atoms with E-state index in [9.17, 15) is 9.90 Å². The summed E-state index contributed by atoms with van der Waals surface area (Å²) in [6, 6.07) is 11.4. The molecular weight excluding hydrogens is 424 g/mol. The number of anilines is 1. The summed E-state index contributed by atoms with van der Waals surface area (Å²) in [6.45, 7) is 1.72. The Balaban J connectivity index is 1.84. The number of benzene rings is 2. The number of nitrogens with one attached hydrogen (secondary N) is 2. The summed E-state index contributed by atoms with van der Waals surface area (Å²) >= 11 is 6.12. The number of nitrogens with two attached hydrogens (primary N) is 1. The van der Waals surface area contributed by atoms with Crippen molar-refractivity contribution < 1.29 is 9.90 Å². The van der Waals surface area contributed by atoms with Crippen molar-refractivity contribution in [3.05, 3.63) is 53.2 Å². The molecule has 6 nitrogen and oxygen atoms in total. The number of nitrogens with zero attached hydrogens (tertiary/aromatic N) is 1. The second-order valence-electron chi connectivity index (χ2n) is 8.52. The maximum absolute atomic E-state index is 13.1. The highest BCUT2D eigenvalue weighted by Gasteiger charge is 2.24. The number of hydrogen-bond donors (Lipinski definition) is 4. The molecule has 1 aromatic heterocycles. The summed E-state index contributed by atoms with van der Waals surface area (Å²) in [4.78, 5) is 17.6. The van der Waals surface area contributed by atoms with Gasteiger partial charge in [-0.2, -0.15) is 0 Å². The SMILES string of the molecule is CC(C=N)C(=O)c1cnc2ccc(-c3ccc(O)c(Cl)c3)cc2c1N[C@H]1CC[C@H](N)CC1. The number of fused-ring (bicyclic) bond motifs is 1. The van der Waals surface area contributed by atoms with Crippen molar-refractivity contribution in [1.29, 1.82) is 5.41 Å². The van der Waals surface area contributed by atoms with Gasteiger partial charge >= 0.3 is 0 Å². The van der Waals surface area contributed by atoms with Gasteiger partial charge in [0.1, 0.15) is 5.75 Å². The number of aromatic nitrogens is 1. The predicted molar refractivity (Wildman–Crippen MR) is 130 cm³/mol. The van der Waals surface area contributed by atoms with Crippen molar-refractivity contribution in [3.63, 3.8) is 0 Å². The molecule has 2 aromatic carbocycles. The van der Waals surface area contributed by atoms with Gasteiger partial charge in [-0.15, -0.1) is 0 Å². The lowest BCUT2D eigenvalue weighted by Gasteiger charge is -2.29. The molecular formula is C25H27ClN4O2. The Morgan fingerprint density at radius 2 is 1.91 bits per heavy atom. The molecule has 1 heterocycles. The Labute approximate surface area is 192 Å². The fraction of sp³-hybridized carbons (Fsp3) is 0.320. The van der Waals surface area contributed by atoms with E-state index in [0.29, 0.717) is 5.56 Å². The molecule has 1 unspecified atom stereocenters. The second-order valence-corrected chi connectivity index (χ2v) is 8.93. The van der Waals surface area contributed by atoms with Gasteiger partial charge in [-0.3, -0.25) is 9.78 Å². The number of Topliss-reactive ketones (excluding diaryl/α,β-unsaturated/α-hetero) is 1. The van der Waals surface area contributed by atoms with Gasteiger partial charge in [0, 0.05) is 29.9 Å². The molecule has 0 radical (unpaired) electrons. The number of hydrogen-bond acceptors (Lipinski definition) is 6. The molecule has 1 aliphatic carbocycles. The summed E-state index contributed by atoms with van der Waals surface area (Å²) in [5.74, 6) is -0.639. The summed E-state index contributed by atoms with van der Waals surface area (Å²) < 4.78 is 0. The van der Waals surface area contributed by atoms with Crippen molar-refractivity contribution >= 4 is 40.2 Å². The Bertz CT molecular complexity index is 1170. The van der Waals surface area contributed by atoms with Gasteiger partial charge in [-0.1, -0.05) is 30.7 Å². The fourth-order valence-electron chi connectivity index (χ4n) is 4.19. The van der Waals surface area contributed by atoms with E-state index < -0.39 is 5.92 Å².